The van der Waals surface area contributed by atoms with Crippen molar-refractivity contribution in [1.29, 1.82) is 0 Å². The number of rotatable bonds is 9. The Morgan fingerprint density at radius 2 is 0.714 bits per heavy atom. The van der Waals surface area contributed by atoms with Crippen molar-refractivity contribution in [3.8, 4) is 101 Å². The molecule has 3 heterocycles. The van der Waals surface area contributed by atoms with Gasteiger partial charge in [0.25, 0.3) is 0 Å². The number of nitrogens with zero attached hydrogens (tertiary/aromatic N) is 4. The van der Waals surface area contributed by atoms with E-state index >= 15 is 0 Å². The zero-order valence-corrected chi connectivity index (χ0v) is 37.1. The largest absolute Gasteiger partial charge is 3.00 e. The molecule has 300 valence electrons. The Hall–Kier alpha value is -7.43. The Morgan fingerprint density at radius 1 is 0.317 bits per heavy atom. The monoisotopic (exact) mass is 984 g/mol. The Morgan fingerprint density at radius 3 is 1.13 bits per heavy atom. The molecule has 0 aliphatic carbocycles. The Balaban J connectivity index is 0.00000504. The SMILES string of the molecule is Cc1cc(-c2ccccn2)[c-]cc1-c1ccccc1-c1cc(-c2ccccc2-c2c[c-]c(-c3ncccn3)cc2)cc(-c2ccccc2-c2c[c-]c(-c3ccccn3)cc2C)c1.[Ir+3]. The molecule has 7 aromatic carbocycles. The number of aryl methyl sites for hydroxylation is 2. The third-order valence-electron chi connectivity index (χ3n) is 11.4. The van der Waals surface area contributed by atoms with E-state index in [0.717, 1.165) is 106 Å². The van der Waals surface area contributed by atoms with E-state index in [-0.39, 0.29) is 20.1 Å². The number of aromatic nitrogens is 4. The molecule has 0 N–H and O–H groups in total. The zero-order valence-electron chi connectivity index (χ0n) is 34.7. The molecule has 0 saturated carbocycles. The molecule has 5 heteroatoms. The second-order valence-electron chi connectivity index (χ2n) is 15.3. The van der Waals surface area contributed by atoms with Gasteiger partial charge in [0.15, 0.2) is 0 Å². The second kappa shape index (κ2) is 18.3. The molecule has 63 heavy (non-hydrogen) atoms. The van der Waals surface area contributed by atoms with Crippen molar-refractivity contribution in [2.75, 3.05) is 0 Å². The summed E-state index contributed by atoms with van der Waals surface area (Å²) in [5.41, 5.74) is 20.4. The van der Waals surface area contributed by atoms with E-state index in [1.807, 2.05) is 67.0 Å². The first-order valence-corrected chi connectivity index (χ1v) is 20.7. The van der Waals surface area contributed by atoms with Gasteiger partial charge in [-0.1, -0.05) is 144 Å². The van der Waals surface area contributed by atoms with Crippen LogP contribution in [0.4, 0.5) is 0 Å². The molecular formula is C58H39IrN4. The van der Waals surface area contributed by atoms with Gasteiger partial charge in [0, 0.05) is 24.8 Å². The minimum atomic E-state index is 0. The van der Waals surface area contributed by atoms with E-state index in [4.69, 9.17) is 0 Å². The van der Waals surface area contributed by atoms with Gasteiger partial charge in [-0.15, -0.1) is 88.5 Å². The summed E-state index contributed by atoms with van der Waals surface area (Å²) in [5.74, 6) is 0.653. The average molecular weight is 984 g/mol. The maximum Gasteiger partial charge on any atom is 3.00 e. The van der Waals surface area contributed by atoms with Crippen LogP contribution in [-0.2, 0) is 20.1 Å². The van der Waals surface area contributed by atoms with Crippen LogP contribution in [0.1, 0.15) is 11.1 Å². The first kappa shape index (κ1) is 40.9. The van der Waals surface area contributed by atoms with Gasteiger partial charge in [0.05, 0.1) is 5.82 Å². The Bertz CT molecular complexity index is 3030. The van der Waals surface area contributed by atoms with E-state index < -0.39 is 0 Å². The summed E-state index contributed by atoms with van der Waals surface area (Å²) in [7, 11) is 0. The number of hydrogen-bond acceptors (Lipinski definition) is 4. The molecule has 4 nitrogen and oxygen atoms in total. The normalized spacial score (nSPS) is 10.9. The van der Waals surface area contributed by atoms with Gasteiger partial charge in [-0.25, -0.2) is 0 Å². The summed E-state index contributed by atoms with van der Waals surface area (Å²) in [5, 5.41) is 0. The molecule has 0 aliphatic rings. The van der Waals surface area contributed by atoms with Crippen LogP contribution in [0.15, 0.2) is 201 Å². The van der Waals surface area contributed by atoms with E-state index in [2.05, 4.69) is 173 Å². The van der Waals surface area contributed by atoms with Crippen LogP contribution < -0.4 is 0 Å². The van der Waals surface area contributed by atoms with Gasteiger partial charge in [-0.2, -0.15) is 0 Å². The van der Waals surface area contributed by atoms with Crippen molar-refractivity contribution in [3.05, 3.63) is 230 Å². The van der Waals surface area contributed by atoms with Crippen molar-refractivity contribution < 1.29 is 20.1 Å². The minimum absolute atomic E-state index is 0. The molecule has 0 radical (unpaired) electrons. The fraction of sp³-hybridized carbons (Fsp3) is 0.0345. The summed E-state index contributed by atoms with van der Waals surface area (Å²) in [6.45, 7) is 4.34. The average Bonchev–Trinajstić information content (AvgIpc) is 3.35. The number of pyridine rings is 2. The summed E-state index contributed by atoms with van der Waals surface area (Å²) in [6.07, 6.45) is 7.17. The molecule has 0 atom stereocenters. The van der Waals surface area contributed by atoms with Crippen LogP contribution in [0, 0.1) is 32.0 Å². The van der Waals surface area contributed by atoms with Crippen molar-refractivity contribution in [2.24, 2.45) is 0 Å². The van der Waals surface area contributed by atoms with Crippen LogP contribution in [0.3, 0.4) is 0 Å². The maximum atomic E-state index is 4.59. The Kier molecular flexibility index (Phi) is 11.9. The summed E-state index contributed by atoms with van der Waals surface area (Å²) in [6, 6.07) is 72.2. The van der Waals surface area contributed by atoms with Crippen LogP contribution in [0.5, 0.6) is 0 Å². The maximum absolute atomic E-state index is 4.59. The fourth-order valence-corrected chi connectivity index (χ4v) is 8.31. The first-order chi connectivity index (χ1) is 30.6. The molecule has 0 aliphatic heterocycles. The van der Waals surface area contributed by atoms with Crippen LogP contribution in [-0.4, -0.2) is 19.9 Å². The topological polar surface area (TPSA) is 51.6 Å². The van der Waals surface area contributed by atoms with Crippen molar-refractivity contribution >= 4 is 0 Å². The van der Waals surface area contributed by atoms with E-state index in [1.54, 1.807) is 12.4 Å². The van der Waals surface area contributed by atoms with Gasteiger partial charge < -0.3 is 9.97 Å². The molecule has 0 spiro atoms. The van der Waals surface area contributed by atoms with Gasteiger partial charge in [0.1, 0.15) is 0 Å². The van der Waals surface area contributed by atoms with Gasteiger partial charge in [0.2, 0.25) is 0 Å². The molecule has 10 rings (SSSR count). The second-order valence-corrected chi connectivity index (χ2v) is 15.3. The molecule has 3 aromatic heterocycles. The third kappa shape index (κ3) is 8.45. The first-order valence-electron chi connectivity index (χ1n) is 20.7. The van der Waals surface area contributed by atoms with E-state index in [9.17, 15) is 0 Å². The van der Waals surface area contributed by atoms with E-state index in [0.29, 0.717) is 5.82 Å². The zero-order chi connectivity index (χ0) is 41.8. The quantitative estimate of drug-likeness (QED) is 0.135. The smallest absolute Gasteiger partial charge is 0.305 e. The molecular weight excluding hydrogens is 945 g/mol. The third-order valence-corrected chi connectivity index (χ3v) is 11.4. The molecule has 0 amide bonds. The summed E-state index contributed by atoms with van der Waals surface area (Å²) in [4.78, 5) is 18.1. The minimum Gasteiger partial charge on any atom is -0.305 e. The molecule has 0 bridgehead atoms. The molecule has 0 saturated heterocycles. The molecule has 0 unspecified atom stereocenters. The standard InChI is InChI=1S/C58H39N4.Ir/c1-39-34-43(56-20-9-11-30-59-56)26-28-48(39)54-18-7-5-16-52(54)46-36-45(51-15-4-3-14-50(51)41-22-24-42(25-23-41)58-61-32-13-33-62-58)37-47(38-46)53-17-6-8-19-55(53)49-29-27-44(35-40(49)2)57-21-10-12-31-60-57;/h3-24,28-38H,1-2H3;/q-3;+3. The van der Waals surface area contributed by atoms with Gasteiger partial charge >= 0.3 is 20.1 Å². The van der Waals surface area contributed by atoms with Crippen LogP contribution in [0.25, 0.3) is 101 Å². The van der Waals surface area contributed by atoms with Crippen molar-refractivity contribution in [2.45, 2.75) is 13.8 Å². The fourth-order valence-electron chi connectivity index (χ4n) is 8.31. The number of benzene rings is 7. The molecule has 10 aromatic rings. The predicted molar refractivity (Wildman–Crippen MR) is 253 cm³/mol. The van der Waals surface area contributed by atoms with E-state index in [1.165, 1.54) is 0 Å². The van der Waals surface area contributed by atoms with Crippen molar-refractivity contribution in [3.63, 3.8) is 0 Å². The molecule has 0 fully saturated rings. The predicted octanol–water partition coefficient (Wildman–Crippen LogP) is 14.3. The van der Waals surface area contributed by atoms with Crippen LogP contribution in [0.2, 0.25) is 0 Å². The summed E-state index contributed by atoms with van der Waals surface area (Å²) < 4.78 is 0. The summed E-state index contributed by atoms with van der Waals surface area (Å²) >= 11 is 0. The van der Waals surface area contributed by atoms with Crippen LogP contribution >= 0.6 is 0 Å². The number of hydrogen-bond donors (Lipinski definition) is 0. The van der Waals surface area contributed by atoms with Crippen molar-refractivity contribution in [1.82, 2.24) is 19.9 Å². The van der Waals surface area contributed by atoms with Gasteiger partial charge in [-0.3, -0.25) is 9.97 Å². The Labute approximate surface area is 382 Å². The van der Waals surface area contributed by atoms with Gasteiger partial charge in [-0.05, 0) is 81.2 Å².